The summed E-state index contributed by atoms with van der Waals surface area (Å²) in [6, 6.07) is 2.94. The van der Waals surface area contributed by atoms with Crippen LogP contribution in [0, 0.1) is 21.4 Å². The van der Waals surface area contributed by atoms with Crippen molar-refractivity contribution in [3.63, 3.8) is 0 Å². The van der Waals surface area contributed by atoms with Gasteiger partial charge in [-0.15, -0.1) is 0 Å². The summed E-state index contributed by atoms with van der Waals surface area (Å²) in [5.74, 6) is 0. The number of nitrogens with zero attached hydrogens (tertiary/aromatic N) is 3. The van der Waals surface area contributed by atoms with Crippen LogP contribution in [0.1, 0.15) is 6.92 Å². The lowest BCUT2D eigenvalue weighted by Gasteiger charge is -2.19. The highest BCUT2D eigenvalue weighted by Crippen LogP contribution is 2.38. The SMILES string of the molecule is CC(C#N)N(C)S(=O)(=O)c1ccc(Cl)c([N+](=O)[O-])c1Cl. The Kier molecular flexibility index (Phi) is 4.94. The van der Waals surface area contributed by atoms with Gasteiger partial charge in [0.1, 0.15) is 21.0 Å². The highest BCUT2D eigenvalue weighted by molar-refractivity contribution is 7.89. The van der Waals surface area contributed by atoms with Crippen molar-refractivity contribution in [1.29, 1.82) is 5.26 Å². The minimum absolute atomic E-state index is 0.269. The van der Waals surface area contributed by atoms with E-state index in [1.807, 2.05) is 0 Å². The number of halogens is 2. The number of nitro groups is 1. The lowest BCUT2D eigenvalue weighted by atomic mass is 10.3. The standard InChI is InChI=1S/C10H9Cl2N3O4S/c1-6(5-13)14(2)20(18,19)8-4-3-7(11)10(9(8)12)15(16)17/h3-4,6H,1-2H3. The summed E-state index contributed by atoms with van der Waals surface area (Å²) in [5.41, 5.74) is -0.688. The molecule has 1 aromatic carbocycles. The van der Waals surface area contributed by atoms with Crippen LogP contribution in [-0.4, -0.2) is 30.7 Å². The Labute approximate surface area is 125 Å². The Morgan fingerprint density at radius 3 is 2.45 bits per heavy atom. The second-order valence-corrected chi connectivity index (χ2v) is 6.54. The first-order chi connectivity index (χ1) is 9.14. The minimum Gasteiger partial charge on any atom is -0.258 e. The molecule has 0 heterocycles. The highest BCUT2D eigenvalue weighted by atomic mass is 35.5. The van der Waals surface area contributed by atoms with Crippen LogP contribution in [0.5, 0.6) is 0 Å². The summed E-state index contributed by atoms with van der Waals surface area (Å²) in [7, 11) is -2.96. The van der Waals surface area contributed by atoms with Gasteiger partial charge in [0.2, 0.25) is 10.0 Å². The van der Waals surface area contributed by atoms with Gasteiger partial charge < -0.3 is 0 Å². The highest BCUT2D eigenvalue weighted by Gasteiger charge is 2.32. The monoisotopic (exact) mass is 337 g/mol. The smallest absolute Gasteiger partial charge is 0.258 e. The molecule has 108 valence electrons. The molecule has 1 rings (SSSR count). The molecule has 0 amide bonds. The number of benzene rings is 1. The lowest BCUT2D eigenvalue weighted by Crippen LogP contribution is -2.34. The maximum atomic E-state index is 12.3. The van der Waals surface area contributed by atoms with Crippen molar-refractivity contribution in [2.45, 2.75) is 17.9 Å². The molecule has 7 nitrogen and oxygen atoms in total. The van der Waals surface area contributed by atoms with E-state index in [2.05, 4.69) is 0 Å². The molecular weight excluding hydrogens is 329 g/mol. The fourth-order valence-corrected chi connectivity index (χ4v) is 3.47. The lowest BCUT2D eigenvalue weighted by molar-refractivity contribution is -0.384. The number of hydrogen-bond acceptors (Lipinski definition) is 5. The Morgan fingerprint density at radius 2 is 2.00 bits per heavy atom. The van der Waals surface area contributed by atoms with E-state index in [0.29, 0.717) is 0 Å². The zero-order valence-electron chi connectivity index (χ0n) is 10.4. The average molecular weight is 338 g/mol. The van der Waals surface area contributed by atoms with E-state index in [9.17, 15) is 18.5 Å². The maximum absolute atomic E-state index is 12.3. The van der Waals surface area contributed by atoms with E-state index in [1.165, 1.54) is 14.0 Å². The molecule has 0 aliphatic rings. The quantitative estimate of drug-likeness (QED) is 0.619. The van der Waals surface area contributed by atoms with Gasteiger partial charge in [-0.2, -0.15) is 9.57 Å². The fourth-order valence-electron chi connectivity index (χ4n) is 1.33. The molecule has 1 atom stereocenters. The molecule has 0 N–H and O–H groups in total. The molecule has 0 radical (unpaired) electrons. The molecule has 1 aromatic rings. The number of sulfonamides is 1. The number of nitriles is 1. The minimum atomic E-state index is -4.14. The third-order valence-corrected chi connectivity index (χ3v) is 5.37. The Bertz CT molecular complexity index is 699. The molecule has 1 unspecified atom stereocenters. The third kappa shape index (κ3) is 2.86. The Balaban J connectivity index is 3.53. The van der Waals surface area contributed by atoms with Crippen LogP contribution >= 0.6 is 23.2 Å². The second-order valence-electron chi connectivity index (χ2n) is 3.79. The Morgan fingerprint density at radius 1 is 1.45 bits per heavy atom. The van der Waals surface area contributed by atoms with E-state index in [1.54, 1.807) is 6.07 Å². The van der Waals surface area contributed by atoms with Crippen LogP contribution in [-0.2, 0) is 10.0 Å². The van der Waals surface area contributed by atoms with Gasteiger partial charge in [0.05, 0.1) is 11.0 Å². The van der Waals surface area contributed by atoms with Gasteiger partial charge in [0, 0.05) is 7.05 Å². The maximum Gasteiger partial charge on any atom is 0.307 e. The summed E-state index contributed by atoms with van der Waals surface area (Å²) in [5, 5.41) is 18.8. The molecule has 0 bridgehead atoms. The van der Waals surface area contributed by atoms with Gasteiger partial charge in [-0.3, -0.25) is 10.1 Å². The summed E-state index contributed by atoms with van der Waals surface area (Å²) in [4.78, 5) is 9.52. The van der Waals surface area contributed by atoms with E-state index in [4.69, 9.17) is 28.5 Å². The molecule has 0 fully saturated rings. The summed E-state index contributed by atoms with van der Waals surface area (Å²) in [6.45, 7) is 1.37. The topological polar surface area (TPSA) is 104 Å². The van der Waals surface area contributed by atoms with E-state index in [0.717, 1.165) is 16.4 Å². The first-order valence-electron chi connectivity index (χ1n) is 5.14. The van der Waals surface area contributed by atoms with Crippen molar-refractivity contribution in [1.82, 2.24) is 4.31 Å². The fraction of sp³-hybridized carbons (Fsp3) is 0.300. The van der Waals surface area contributed by atoms with Crippen molar-refractivity contribution in [2.24, 2.45) is 0 Å². The van der Waals surface area contributed by atoms with Crippen molar-refractivity contribution in [3.8, 4) is 6.07 Å². The number of rotatable bonds is 4. The molecule has 0 spiro atoms. The van der Waals surface area contributed by atoms with E-state index >= 15 is 0 Å². The van der Waals surface area contributed by atoms with Gasteiger partial charge in [0.15, 0.2) is 0 Å². The van der Waals surface area contributed by atoms with Gasteiger partial charge in [0.25, 0.3) is 0 Å². The Hall–Kier alpha value is -1.40. The predicted molar refractivity (Wildman–Crippen MR) is 73.1 cm³/mol. The molecule has 0 aromatic heterocycles. The predicted octanol–water partition coefficient (Wildman–Crippen LogP) is 2.43. The van der Waals surface area contributed by atoms with Crippen molar-refractivity contribution in [3.05, 3.63) is 32.3 Å². The summed E-state index contributed by atoms with van der Waals surface area (Å²) in [6.07, 6.45) is 0. The van der Waals surface area contributed by atoms with Crippen LogP contribution in [0.4, 0.5) is 5.69 Å². The molecular formula is C10H9Cl2N3O4S. The van der Waals surface area contributed by atoms with Crippen molar-refractivity contribution >= 4 is 38.9 Å². The van der Waals surface area contributed by atoms with Crippen molar-refractivity contribution in [2.75, 3.05) is 7.05 Å². The second kappa shape index (κ2) is 5.93. The molecule has 20 heavy (non-hydrogen) atoms. The van der Waals surface area contributed by atoms with Gasteiger partial charge in [-0.25, -0.2) is 8.42 Å². The molecule has 0 aliphatic heterocycles. The third-order valence-electron chi connectivity index (χ3n) is 2.60. The number of nitro benzene ring substituents is 1. The van der Waals surface area contributed by atoms with Crippen LogP contribution < -0.4 is 0 Å². The zero-order valence-corrected chi connectivity index (χ0v) is 12.7. The molecule has 0 saturated carbocycles. The first kappa shape index (κ1) is 16.7. The summed E-state index contributed by atoms with van der Waals surface area (Å²) >= 11 is 11.4. The van der Waals surface area contributed by atoms with E-state index in [-0.39, 0.29) is 5.02 Å². The molecule has 0 aliphatic carbocycles. The van der Waals surface area contributed by atoms with Crippen molar-refractivity contribution < 1.29 is 13.3 Å². The molecule has 10 heteroatoms. The molecule has 0 saturated heterocycles. The van der Waals surface area contributed by atoms with Gasteiger partial charge in [-0.05, 0) is 19.1 Å². The average Bonchev–Trinajstić information content (AvgIpc) is 2.36. The largest absolute Gasteiger partial charge is 0.307 e. The van der Waals surface area contributed by atoms with Crippen LogP contribution in [0.2, 0.25) is 10.0 Å². The first-order valence-corrected chi connectivity index (χ1v) is 7.34. The summed E-state index contributed by atoms with van der Waals surface area (Å²) < 4.78 is 25.3. The van der Waals surface area contributed by atoms with Crippen LogP contribution in [0.15, 0.2) is 17.0 Å². The van der Waals surface area contributed by atoms with Crippen LogP contribution in [0.25, 0.3) is 0 Å². The van der Waals surface area contributed by atoms with Crippen LogP contribution in [0.3, 0.4) is 0 Å². The van der Waals surface area contributed by atoms with E-state index < -0.39 is 36.6 Å². The van der Waals surface area contributed by atoms with Gasteiger partial charge >= 0.3 is 5.69 Å². The normalized spacial score (nSPS) is 13.0. The zero-order chi connectivity index (χ0) is 15.7. The van der Waals surface area contributed by atoms with Gasteiger partial charge in [-0.1, -0.05) is 23.2 Å². The number of hydrogen-bond donors (Lipinski definition) is 0.